The molecular formula is C14H20BrNSi. The summed E-state index contributed by atoms with van der Waals surface area (Å²) < 4.78 is 0.999. The quantitative estimate of drug-likeness (QED) is 0.499. The molecule has 0 atom stereocenters. The molecule has 0 bridgehead atoms. The minimum atomic E-state index is -1.35. The first-order valence-electron chi connectivity index (χ1n) is 6.14. The zero-order chi connectivity index (χ0) is 12.9. The second-order valence-corrected chi connectivity index (χ2v) is 10.2. The van der Waals surface area contributed by atoms with Crippen molar-refractivity contribution in [3.8, 4) is 11.5 Å². The van der Waals surface area contributed by atoms with Crippen LogP contribution in [0.3, 0.4) is 0 Å². The first kappa shape index (κ1) is 14.3. The van der Waals surface area contributed by atoms with Gasteiger partial charge in [0.05, 0.1) is 0 Å². The molecule has 1 aromatic carbocycles. The predicted octanol–water partition coefficient (Wildman–Crippen LogP) is 4.43. The first-order valence-corrected chi connectivity index (χ1v) is 9.56. The number of anilines is 1. The average Bonchev–Trinajstić information content (AvgIpc) is 2.30. The molecule has 0 saturated carbocycles. The van der Waals surface area contributed by atoms with Crippen molar-refractivity contribution in [2.45, 2.75) is 38.9 Å². The Hall–Kier alpha value is -0.723. The van der Waals surface area contributed by atoms with Gasteiger partial charge in [0.25, 0.3) is 0 Å². The summed E-state index contributed by atoms with van der Waals surface area (Å²) in [5.74, 6) is 3.32. The van der Waals surface area contributed by atoms with E-state index < -0.39 is 8.07 Å². The molecule has 0 fully saturated rings. The number of rotatable bonds is 3. The SMILES string of the molecule is CC[Si](C#Cc1cc(N)cc(Br)c1)(CC)CC. The van der Waals surface area contributed by atoms with Crippen molar-refractivity contribution in [1.82, 2.24) is 0 Å². The van der Waals surface area contributed by atoms with Gasteiger partial charge in [-0.3, -0.25) is 0 Å². The minimum absolute atomic E-state index is 0.764. The van der Waals surface area contributed by atoms with Crippen LogP contribution in [-0.2, 0) is 0 Å². The van der Waals surface area contributed by atoms with E-state index in [1.54, 1.807) is 0 Å². The zero-order valence-corrected chi connectivity index (χ0v) is 13.4. The third-order valence-corrected chi connectivity index (χ3v) is 8.60. The maximum atomic E-state index is 5.81. The monoisotopic (exact) mass is 309 g/mol. The van der Waals surface area contributed by atoms with Crippen molar-refractivity contribution in [2.24, 2.45) is 0 Å². The van der Waals surface area contributed by atoms with Gasteiger partial charge in [-0.05, 0) is 36.3 Å². The van der Waals surface area contributed by atoms with Gasteiger partial charge in [-0.25, -0.2) is 0 Å². The molecule has 1 rings (SSSR count). The Kier molecular flexibility index (Phi) is 5.29. The summed E-state index contributed by atoms with van der Waals surface area (Å²) in [5, 5.41) is 0. The number of nitrogens with two attached hydrogens (primary N) is 1. The Bertz CT molecular complexity index is 413. The lowest BCUT2D eigenvalue weighted by atomic mass is 10.2. The lowest BCUT2D eigenvalue weighted by molar-refractivity contribution is 1.20. The third kappa shape index (κ3) is 3.90. The van der Waals surface area contributed by atoms with E-state index in [1.165, 1.54) is 18.1 Å². The van der Waals surface area contributed by atoms with E-state index in [9.17, 15) is 0 Å². The van der Waals surface area contributed by atoms with Crippen molar-refractivity contribution in [3.63, 3.8) is 0 Å². The van der Waals surface area contributed by atoms with E-state index in [2.05, 4.69) is 48.2 Å². The summed E-state index contributed by atoms with van der Waals surface area (Å²) in [4.78, 5) is 0. The van der Waals surface area contributed by atoms with Crippen LogP contribution < -0.4 is 5.73 Å². The number of halogens is 1. The molecule has 0 aromatic heterocycles. The number of benzene rings is 1. The zero-order valence-electron chi connectivity index (χ0n) is 10.8. The highest BCUT2D eigenvalue weighted by molar-refractivity contribution is 9.10. The Balaban J connectivity index is 3.04. The second-order valence-electron chi connectivity index (χ2n) is 4.36. The van der Waals surface area contributed by atoms with Gasteiger partial charge in [0, 0.05) is 15.7 Å². The van der Waals surface area contributed by atoms with Gasteiger partial charge in [0.15, 0.2) is 0 Å². The molecule has 2 N–H and O–H groups in total. The Morgan fingerprint density at radius 1 is 1.12 bits per heavy atom. The topological polar surface area (TPSA) is 26.0 Å². The molecule has 0 unspecified atom stereocenters. The van der Waals surface area contributed by atoms with Gasteiger partial charge in [0.1, 0.15) is 8.07 Å². The molecule has 3 heteroatoms. The molecule has 0 spiro atoms. The van der Waals surface area contributed by atoms with Gasteiger partial charge in [-0.1, -0.05) is 42.6 Å². The highest BCUT2D eigenvalue weighted by Crippen LogP contribution is 2.20. The summed E-state index contributed by atoms with van der Waals surface area (Å²) in [6.07, 6.45) is 0. The minimum Gasteiger partial charge on any atom is -0.399 e. The molecule has 0 aliphatic heterocycles. The summed E-state index contributed by atoms with van der Waals surface area (Å²) in [5.41, 5.74) is 11.2. The van der Waals surface area contributed by atoms with Crippen LogP contribution in [0, 0.1) is 11.5 Å². The van der Waals surface area contributed by atoms with Gasteiger partial charge < -0.3 is 5.73 Å². The lowest BCUT2D eigenvalue weighted by Crippen LogP contribution is -2.29. The molecular weight excluding hydrogens is 290 g/mol. The fourth-order valence-electron chi connectivity index (χ4n) is 1.90. The molecule has 17 heavy (non-hydrogen) atoms. The van der Waals surface area contributed by atoms with E-state index in [1.807, 2.05) is 18.2 Å². The fraction of sp³-hybridized carbons (Fsp3) is 0.429. The molecule has 1 nitrogen and oxygen atoms in total. The predicted molar refractivity (Wildman–Crippen MR) is 82.6 cm³/mol. The van der Waals surface area contributed by atoms with Crippen LogP contribution in [-0.4, -0.2) is 8.07 Å². The van der Waals surface area contributed by atoms with E-state index >= 15 is 0 Å². The largest absolute Gasteiger partial charge is 0.399 e. The smallest absolute Gasteiger partial charge is 0.138 e. The van der Waals surface area contributed by atoms with Gasteiger partial charge in [0.2, 0.25) is 0 Å². The number of hydrogen-bond donors (Lipinski definition) is 1. The van der Waals surface area contributed by atoms with Crippen LogP contribution in [0.1, 0.15) is 26.3 Å². The molecule has 0 aliphatic carbocycles. The van der Waals surface area contributed by atoms with Crippen LogP contribution >= 0.6 is 15.9 Å². The van der Waals surface area contributed by atoms with Gasteiger partial charge in [-0.2, -0.15) is 0 Å². The fourth-order valence-corrected chi connectivity index (χ4v) is 4.86. The van der Waals surface area contributed by atoms with E-state index in [-0.39, 0.29) is 0 Å². The molecule has 0 aliphatic rings. The van der Waals surface area contributed by atoms with Crippen LogP contribution in [0.4, 0.5) is 5.69 Å². The van der Waals surface area contributed by atoms with E-state index in [4.69, 9.17) is 5.73 Å². The number of nitrogen functional groups attached to an aromatic ring is 1. The van der Waals surface area contributed by atoms with Crippen molar-refractivity contribution < 1.29 is 0 Å². The molecule has 0 amide bonds. The second kappa shape index (κ2) is 6.27. The van der Waals surface area contributed by atoms with E-state index in [0.717, 1.165) is 15.7 Å². The van der Waals surface area contributed by atoms with Crippen LogP contribution in [0.15, 0.2) is 22.7 Å². The Labute approximate surface area is 114 Å². The third-order valence-electron chi connectivity index (χ3n) is 3.42. The molecule has 0 heterocycles. The molecule has 0 saturated heterocycles. The highest BCUT2D eigenvalue weighted by atomic mass is 79.9. The van der Waals surface area contributed by atoms with Crippen molar-refractivity contribution in [2.75, 3.05) is 5.73 Å². The Morgan fingerprint density at radius 3 is 2.18 bits per heavy atom. The summed E-state index contributed by atoms with van der Waals surface area (Å²) in [6, 6.07) is 9.57. The normalized spacial score (nSPS) is 10.8. The Morgan fingerprint density at radius 2 is 1.71 bits per heavy atom. The van der Waals surface area contributed by atoms with Crippen molar-refractivity contribution in [3.05, 3.63) is 28.2 Å². The average molecular weight is 310 g/mol. The van der Waals surface area contributed by atoms with Gasteiger partial charge >= 0.3 is 0 Å². The first-order chi connectivity index (χ1) is 8.05. The molecule has 0 radical (unpaired) electrons. The summed E-state index contributed by atoms with van der Waals surface area (Å²) in [7, 11) is -1.35. The number of hydrogen-bond acceptors (Lipinski definition) is 1. The van der Waals surface area contributed by atoms with E-state index in [0.29, 0.717) is 0 Å². The lowest BCUT2D eigenvalue weighted by Gasteiger charge is -2.20. The van der Waals surface area contributed by atoms with Gasteiger partial charge in [-0.15, -0.1) is 5.54 Å². The maximum absolute atomic E-state index is 5.81. The van der Waals surface area contributed by atoms with Crippen LogP contribution in [0.5, 0.6) is 0 Å². The molecule has 92 valence electrons. The maximum Gasteiger partial charge on any atom is 0.138 e. The van der Waals surface area contributed by atoms with Crippen molar-refractivity contribution >= 4 is 29.7 Å². The summed E-state index contributed by atoms with van der Waals surface area (Å²) in [6.45, 7) is 6.80. The molecule has 1 aromatic rings. The standard InChI is InChI=1S/C14H20BrNSi/c1-4-17(5-2,6-3)8-7-12-9-13(15)11-14(16)10-12/h9-11H,4-6,16H2,1-3H3. The summed E-state index contributed by atoms with van der Waals surface area (Å²) >= 11 is 3.45. The highest BCUT2D eigenvalue weighted by Gasteiger charge is 2.24. The van der Waals surface area contributed by atoms with Crippen molar-refractivity contribution in [1.29, 1.82) is 0 Å². The van der Waals surface area contributed by atoms with Crippen LogP contribution in [0.2, 0.25) is 18.1 Å². The van der Waals surface area contributed by atoms with Crippen LogP contribution in [0.25, 0.3) is 0 Å².